The Morgan fingerprint density at radius 1 is 1.57 bits per heavy atom. The van der Waals surface area contributed by atoms with Gasteiger partial charge in [-0.25, -0.2) is 4.98 Å². The van der Waals surface area contributed by atoms with Crippen LogP contribution in [0.1, 0.15) is 11.1 Å². The van der Waals surface area contributed by atoms with Crippen LogP contribution in [0, 0.1) is 18.3 Å². The molecule has 0 aromatic carbocycles. The van der Waals surface area contributed by atoms with Crippen LogP contribution in [0.25, 0.3) is 11.0 Å². The summed E-state index contributed by atoms with van der Waals surface area (Å²) in [7, 11) is 1.89. The Hall–Kier alpha value is -1.53. The molecule has 0 saturated carbocycles. The number of aryl methyl sites for hydroxylation is 2. The molecular formula is C10H8ClN3. The zero-order valence-corrected chi connectivity index (χ0v) is 8.63. The highest BCUT2D eigenvalue weighted by molar-refractivity contribution is 6.30. The fraction of sp³-hybridized carbons (Fsp3) is 0.200. The van der Waals surface area contributed by atoms with Crippen molar-refractivity contribution in [2.45, 2.75) is 6.92 Å². The molecule has 4 heteroatoms. The Bertz CT molecular complexity index is 548. The average molecular weight is 206 g/mol. The molecule has 0 aliphatic heterocycles. The molecule has 2 rings (SSSR count). The summed E-state index contributed by atoms with van der Waals surface area (Å²) in [5.41, 5.74) is 3.24. The lowest BCUT2D eigenvalue weighted by atomic mass is 10.2. The van der Waals surface area contributed by atoms with E-state index in [1.165, 1.54) is 0 Å². The van der Waals surface area contributed by atoms with Gasteiger partial charge >= 0.3 is 0 Å². The molecular weight excluding hydrogens is 198 g/mol. The van der Waals surface area contributed by atoms with Crippen LogP contribution in [0.15, 0.2) is 12.3 Å². The number of rotatable bonds is 0. The van der Waals surface area contributed by atoms with Crippen molar-refractivity contribution in [2.24, 2.45) is 7.05 Å². The van der Waals surface area contributed by atoms with Gasteiger partial charge in [-0.05, 0) is 18.6 Å². The summed E-state index contributed by atoms with van der Waals surface area (Å²) < 4.78 is 1.90. The molecule has 0 N–H and O–H groups in total. The van der Waals surface area contributed by atoms with Gasteiger partial charge in [0.2, 0.25) is 0 Å². The maximum atomic E-state index is 8.88. The molecule has 0 amide bonds. The van der Waals surface area contributed by atoms with Crippen molar-refractivity contribution < 1.29 is 0 Å². The van der Waals surface area contributed by atoms with Crippen LogP contribution in [0.4, 0.5) is 0 Å². The first-order valence-corrected chi connectivity index (χ1v) is 4.53. The lowest BCUT2D eigenvalue weighted by Gasteiger charge is -2.00. The minimum Gasteiger partial charge on any atom is -0.348 e. The fourth-order valence-electron chi connectivity index (χ4n) is 1.66. The maximum Gasteiger partial charge on any atom is 0.130 e. The van der Waals surface area contributed by atoms with E-state index in [1.54, 1.807) is 12.3 Å². The second-order valence-corrected chi connectivity index (χ2v) is 3.61. The Kier molecular flexibility index (Phi) is 1.94. The molecule has 2 aromatic heterocycles. The number of aromatic nitrogens is 2. The lowest BCUT2D eigenvalue weighted by molar-refractivity contribution is 0.961. The zero-order chi connectivity index (χ0) is 10.3. The largest absolute Gasteiger partial charge is 0.348 e. The molecule has 2 heterocycles. The molecule has 0 fully saturated rings. The van der Waals surface area contributed by atoms with E-state index in [9.17, 15) is 0 Å². The highest BCUT2D eigenvalue weighted by Gasteiger charge is 2.10. The van der Waals surface area contributed by atoms with Gasteiger partial charge in [-0.2, -0.15) is 5.26 Å². The number of hydrogen-bond donors (Lipinski definition) is 0. The smallest absolute Gasteiger partial charge is 0.130 e. The normalized spacial score (nSPS) is 10.4. The molecule has 0 radical (unpaired) electrons. The molecule has 0 bridgehead atoms. The van der Waals surface area contributed by atoms with Gasteiger partial charge in [-0.1, -0.05) is 11.6 Å². The van der Waals surface area contributed by atoms with Gasteiger partial charge in [0.25, 0.3) is 0 Å². The van der Waals surface area contributed by atoms with Crippen molar-refractivity contribution in [2.75, 3.05) is 0 Å². The third kappa shape index (κ3) is 1.16. The van der Waals surface area contributed by atoms with E-state index in [4.69, 9.17) is 16.9 Å². The van der Waals surface area contributed by atoms with Gasteiger partial charge in [0.15, 0.2) is 0 Å². The number of hydrogen-bond acceptors (Lipinski definition) is 2. The minimum atomic E-state index is 0.428. The van der Waals surface area contributed by atoms with E-state index in [-0.39, 0.29) is 0 Å². The molecule has 0 aliphatic rings. The van der Waals surface area contributed by atoms with E-state index in [0.29, 0.717) is 16.2 Å². The fourth-order valence-corrected chi connectivity index (χ4v) is 1.91. The first-order chi connectivity index (χ1) is 6.63. The van der Waals surface area contributed by atoms with Crippen LogP contribution in [0.5, 0.6) is 0 Å². The third-order valence-electron chi connectivity index (χ3n) is 2.20. The van der Waals surface area contributed by atoms with Gasteiger partial charge in [-0.15, -0.1) is 0 Å². The third-order valence-corrected chi connectivity index (χ3v) is 2.40. The number of nitrogens with zero attached hydrogens (tertiary/aromatic N) is 3. The van der Waals surface area contributed by atoms with Crippen molar-refractivity contribution in [3.8, 4) is 6.07 Å². The first-order valence-electron chi connectivity index (χ1n) is 4.15. The van der Waals surface area contributed by atoms with E-state index in [0.717, 1.165) is 11.1 Å². The maximum absolute atomic E-state index is 8.88. The molecule has 0 saturated heterocycles. The molecule has 3 nitrogen and oxygen atoms in total. The summed E-state index contributed by atoms with van der Waals surface area (Å²) in [6.45, 7) is 1.96. The summed E-state index contributed by atoms with van der Waals surface area (Å²) in [5.74, 6) is 0. The molecule has 0 atom stereocenters. The minimum absolute atomic E-state index is 0.428. The van der Waals surface area contributed by atoms with Crippen LogP contribution >= 0.6 is 11.6 Å². The topological polar surface area (TPSA) is 41.6 Å². The highest BCUT2D eigenvalue weighted by atomic mass is 35.5. The second-order valence-electron chi connectivity index (χ2n) is 3.22. The highest BCUT2D eigenvalue weighted by Crippen LogP contribution is 2.23. The van der Waals surface area contributed by atoms with Crippen LogP contribution in [-0.2, 0) is 7.05 Å². The van der Waals surface area contributed by atoms with Crippen LogP contribution < -0.4 is 0 Å². The van der Waals surface area contributed by atoms with Crippen molar-refractivity contribution in [1.29, 1.82) is 5.26 Å². The Morgan fingerprint density at radius 3 is 2.93 bits per heavy atom. The van der Waals surface area contributed by atoms with Crippen LogP contribution in [-0.4, -0.2) is 9.55 Å². The van der Waals surface area contributed by atoms with Gasteiger partial charge in [-0.3, -0.25) is 0 Å². The summed E-state index contributed by atoms with van der Waals surface area (Å²) in [5, 5.41) is 9.31. The molecule has 0 spiro atoms. The summed E-state index contributed by atoms with van der Waals surface area (Å²) >= 11 is 5.83. The number of pyridine rings is 1. The first kappa shape index (κ1) is 9.04. The van der Waals surface area contributed by atoms with Gasteiger partial charge < -0.3 is 4.57 Å². The Labute approximate surface area is 86.5 Å². The van der Waals surface area contributed by atoms with Gasteiger partial charge in [0.1, 0.15) is 16.7 Å². The molecule has 0 aliphatic carbocycles. The van der Waals surface area contributed by atoms with Crippen molar-refractivity contribution >= 4 is 22.6 Å². The number of halogens is 1. The van der Waals surface area contributed by atoms with E-state index < -0.39 is 0 Å². The van der Waals surface area contributed by atoms with Crippen molar-refractivity contribution in [3.05, 3.63) is 28.5 Å². The van der Waals surface area contributed by atoms with E-state index >= 15 is 0 Å². The summed E-state index contributed by atoms with van der Waals surface area (Å²) in [6.07, 6.45) is 1.76. The monoisotopic (exact) mass is 205 g/mol. The van der Waals surface area contributed by atoms with Crippen molar-refractivity contribution in [1.82, 2.24) is 9.55 Å². The molecule has 0 unspecified atom stereocenters. The predicted octanol–water partition coefficient (Wildman–Crippen LogP) is 2.41. The quantitative estimate of drug-likeness (QED) is 0.620. The number of fused-ring (bicyclic) bond motifs is 1. The SMILES string of the molecule is Cc1cc(Cl)nc2c(C#N)cn(C)c12. The van der Waals surface area contributed by atoms with Crippen LogP contribution in [0.2, 0.25) is 5.15 Å². The number of nitriles is 1. The van der Waals surface area contributed by atoms with Gasteiger partial charge in [0.05, 0.1) is 11.1 Å². The second kappa shape index (κ2) is 3.00. The zero-order valence-electron chi connectivity index (χ0n) is 7.87. The van der Waals surface area contributed by atoms with Crippen LogP contribution in [0.3, 0.4) is 0 Å². The Morgan fingerprint density at radius 2 is 2.29 bits per heavy atom. The molecule has 2 aromatic rings. The van der Waals surface area contributed by atoms with E-state index in [1.807, 2.05) is 18.5 Å². The Balaban J connectivity index is 2.98. The predicted molar refractivity (Wildman–Crippen MR) is 55.2 cm³/mol. The molecule has 14 heavy (non-hydrogen) atoms. The lowest BCUT2D eigenvalue weighted by Crippen LogP contribution is -1.89. The standard InChI is InChI=1S/C10H8ClN3/c1-6-3-8(11)13-9-7(4-12)5-14(2)10(6)9/h3,5H,1-2H3. The van der Waals surface area contributed by atoms with E-state index in [2.05, 4.69) is 11.1 Å². The van der Waals surface area contributed by atoms with Gasteiger partial charge in [0, 0.05) is 13.2 Å². The van der Waals surface area contributed by atoms with Crippen molar-refractivity contribution in [3.63, 3.8) is 0 Å². The molecule has 70 valence electrons. The summed E-state index contributed by atoms with van der Waals surface area (Å²) in [6, 6.07) is 3.90. The summed E-state index contributed by atoms with van der Waals surface area (Å²) in [4.78, 5) is 4.15. The average Bonchev–Trinajstić information content (AvgIpc) is 2.42.